The Hall–Kier alpha value is -1.93. The number of aryl methyl sites for hydroxylation is 2. The molecule has 0 unspecified atom stereocenters. The summed E-state index contributed by atoms with van der Waals surface area (Å²) < 4.78 is 1.88. The van der Waals surface area contributed by atoms with E-state index in [-0.39, 0.29) is 11.2 Å². The third kappa shape index (κ3) is 3.53. The zero-order chi connectivity index (χ0) is 16.4. The van der Waals surface area contributed by atoms with E-state index in [1.807, 2.05) is 48.8 Å². The van der Waals surface area contributed by atoms with Crippen molar-refractivity contribution in [1.29, 1.82) is 0 Å². The predicted octanol–water partition coefficient (Wildman–Crippen LogP) is 2.60. The van der Waals surface area contributed by atoms with Crippen molar-refractivity contribution in [2.45, 2.75) is 37.7 Å². The highest BCUT2D eigenvalue weighted by Crippen LogP contribution is 2.23. The highest BCUT2D eigenvalue weighted by atomic mass is 32.2. The van der Waals surface area contributed by atoms with Crippen LogP contribution >= 0.6 is 23.1 Å². The third-order valence-electron chi connectivity index (χ3n) is 3.33. The van der Waals surface area contributed by atoms with Gasteiger partial charge in [-0.05, 0) is 32.2 Å². The first-order chi connectivity index (χ1) is 11.0. The molecular formula is C15H17N5OS2. The number of hydrogen-bond donors (Lipinski definition) is 1. The van der Waals surface area contributed by atoms with Gasteiger partial charge in [0.2, 0.25) is 5.91 Å². The van der Waals surface area contributed by atoms with E-state index < -0.39 is 0 Å². The first-order valence-corrected chi connectivity index (χ1v) is 8.96. The second-order valence-electron chi connectivity index (χ2n) is 5.18. The quantitative estimate of drug-likeness (QED) is 0.718. The van der Waals surface area contributed by atoms with Crippen LogP contribution in [-0.4, -0.2) is 30.7 Å². The number of fused-ring (bicyclic) bond motifs is 1. The normalized spacial score (nSPS) is 12.5. The molecule has 23 heavy (non-hydrogen) atoms. The fourth-order valence-corrected chi connectivity index (χ4v) is 3.79. The van der Waals surface area contributed by atoms with Crippen LogP contribution in [0.1, 0.15) is 23.3 Å². The number of aromatic nitrogens is 4. The van der Waals surface area contributed by atoms with Crippen molar-refractivity contribution in [3.8, 4) is 0 Å². The van der Waals surface area contributed by atoms with Crippen LogP contribution in [0.3, 0.4) is 0 Å². The smallest absolute Gasteiger partial charge is 0.233 e. The molecule has 0 aliphatic rings. The van der Waals surface area contributed by atoms with Crippen molar-refractivity contribution >= 4 is 34.7 Å². The number of nitrogens with zero attached hydrogens (tertiary/aromatic N) is 4. The summed E-state index contributed by atoms with van der Waals surface area (Å²) in [5, 5.41) is 13.7. The van der Waals surface area contributed by atoms with Crippen molar-refractivity contribution in [1.82, 2.24) is 24.9 Å². The van der Waals surface area contributed by atoms with Gasteiger partial charge in [0.15, 0.2) is 10.8 Å². The highest BCUT2D eigenvalue weighted by Gasteiger charge is 2.19. The maximum Gasteiger partial charge on any atom is 0.233 e. The average Bonchev–Trinajstić information content (AvgIpc) is 3.14. The molecule has 1 N–H and O–H groups in total. The molecule has 3 aromatic rings. The van der Waals surface area contributed by atoms with Gasteiger partial charge in [-0.25, -0.2) is 4.98 Å². The van der Waals surface area contributed by atoms with Gasteiger partial charge in [0.25, 0.3) is 0 Å². The Morgan fingerprint density at radius 1 is 1.43 bits per heavy atom. The zero-order valence-corrected chi connectivity index (χ0v) is 14.7. The Labute approximate surface area is 142 Å². The molecule has 3 heterocycles. The van der Waals surface area contributed by atoms with E-state index in [2.05, 4.69) is 20.5 Å². The molecule has 0 radical (unpaired) electrons. The molecule has 6 nitrogen and oxygen atoms in total. The topological polar surface area (TPSA) is 72.2 Å². The largest absolute Gasteiger partial charge is 0.350 e. The van der Waals surface area contributed by atoms with Gasteiger partial charge in [0, 0.05) is 16.6 Å². The van der Waals surface area contributed by atoms with Crippen LogP contribution in [0.15, 0.2) is 28.7 Å². The first kappa shape index (κ1) is 15.9. The SMILES string of the molecule is Cc1cc2nnc(S[C@@H](C)C(=O)NCc3cccs3)n2c(C)n1. The summed E-state index contributed by atoms with van der Waals surface area (Å²) in [6.45, 7) is 6.26. The fraction of sp³-hybridized carbons (Fsp3) is 0.333. The second kappa shape index (κ2) is 6.67. The third-order valence-corrected chi connectivity index (χ3v) is 5.25. The zero-order valence-electron chi connectivity index (χ0n) is 13.1. The lowest BCUT2D eigenvalue weighted by Crippen LogP contribution is -2.30. The van der Waals surface area contributed by atoms with Crippen LogP contribution in [0.25, 0.3) is 5.65 Å². The molecule has 0 spiro atoms. The number of thiophene rings is 1. The molecule has 0 aliphatic heterocycles. The van der Waals surface area contributed by atoms with Crippen molar-refractivity contribution in [3.63, 3.8) is 0 Å². The minimum absolute atomic E-state index is 0.0159. The Morgan fingerprint density at radius 3 is 3.00 bits per heavy atom. The van der Waals surface area contributed by atoms with E-state index in [1.54, 1.807) is 11.3 Å². The summed E-state index contributed by atoms with van der Waals surface area (Å²) in [6, 6.07) is 5.86. The predicted molar refractivity (Wildman–Crippen MR) is 91.7 cm³/mol. The molecular weight excluding hydrogens is 330 g/mol. The summed E-state index contributed by atoms with van der Waals surface area (Å²) in [6.07, 6.45) is 0. The number of hydrogen-bond acceptors (Lipinski definition) is 6. The van der Waals surface area contributed by atoms with Crippen LogP contribution in [0.2, 0.25) is 0 Å². The van der Waals surface area contributed by atoms with Gasteiger partial charge in [-0.1, -0.05) is 17.8 Å². The van der Waals surface area contributed by atoms with E-state index in [0.717, 1.165) is 22.0 Å². The van der Waals surface area contributed by atoms with Gasteiger partial charge < -0.3 is 5.32 Å². The molecule has 8 heteroatoms. The second-order valence-corrected chi connectivity index (χ2v) is 7.52. The van der Waals surface area contributed by atoms with Gasteiger partial charge in [-0.2, -0.15) is 0 Å². The number of amides is 1. The molecule has 1 atom stereocenters. The monoisotopic (exact) mass is 347 g/mol. The summed E-state index contributed by atoms with van der Waals surface area (Å²) in [7, 11) is 0. The fourth-order valence-electron chi connectivity index (χ4n) is 2.22. The molecule has 0 aliphatic carbocycles. The highest BCUT2D eigenvalue weighted by molar-refractivity contribution is 8.00. The lowest BCUT2D eigenvalue weighted by molar-refractivity contribution is -0.120. The van der Waals surface area contributed by atoms with Gasteiger partial charge in [0.1, 0.15) is 5.82 Å². The molecule has 0 fully saturated rings. The molecule has 0 saturated carbocycles. The number of thioether (sulfide) groups is 1. The van der Waals surface area contributed by atoms with Crippen LogP contribution in [0.4, 0.5) is 0 Å². The Balaban J connectivity index is 1.70. The van der Waals surface area contributed by atoms with E-state index in [4.69, 9.17) is 0 Å². The van der Waals surface area contributed by atoms with Gasteiger partial charge in [0.05, 0.1) is 11.8 Å². The lowest BCUT2D eigenvalue weighted by atomic mass is 10.4. The van der Waals surface area contributed by atoms with Crippen LogP contribution < -0.4 is 5.32 Å². The Kier molecular flexibility index (Phi) is 4.63. The molecule has 3 rings (SSSR count). The van der Waals surface area contributed by atoms with Crippen molar-refractivity contribution < 1.29 is 4.79 Å². The molecule has 0 aromatic carbocycles. The average molecular weight is 347 g/mol. The minimum Gasteiger partial charge on any atom is -0.350 e. The summed E-state index contributed by atoms with van der Waals surface area (Å²) in [5.74, 6) is 0.802. The molecule has 1 amide bonds. The minimum atomic E-state index is -0.261. The molecule has 0 bridgehead atoms. The maximum atomic E-state index is 12.2. The summed E-state index contributed by atoms with van der Waals surface area (Å²) >= 11 is 3.02. The standard InChI is InChI=1S/C15H17N5OS2/c1-9-7-13-18-19-15(20(13)11(3)17-9)23-10(2)14(21)16-8-12-5-4-6-22-12/h4-7,10H,8H2,1-3H3,(H,16,21)/t10-/m0/s1. The van der Waals surface area contributed by atoms with E-state index in [9.17, 15) is 4.79 Å². The van der Waals surface area contributed by atoms with E-state index in [0.29, 0.717) is 11.7 Å². The van der Waals surface area contributed by atoms with Crippen LogP contribution in [-0.2, 0) is 11.3 Å². The van der Waals surface area contributed by atoms with Crippen LogP contribution in [0, 0.1) is 13.8 Å². The van der Waals surface area contributed by atoms with Crippen LogP contribution in [0.5, 0.6) is 0 Å². The van der Waals surface area contributed by atoms with E-state index >= 15 is 0 Å². The Morgan fingerprint density at radius 2 is 2.26 bits per heavy atom. The summed E-state index contributed by atoms with van der Waals surface area (Å²) in [4.78, 5) is 17.8. The Bertz CT molecular complexity index is 828. The maximum absolute atomic E-state index is 12.2. The van der Waals surface area contributed by atoms with Crippen molar-refractivity contribution in [2.75, 3.05) is 0 Å². The number of carbonyl (C=O) groups excluding carboxylic acids is 1. The lowest BCUT2D eigenvalue weighted by Gasteiger charge is -2.11. The number of rotatable bonds is 5. The van der Waals surface area contributed by atoms with Gasteiger partial charge >= 0.3 is 0 Å². The first-order valence-electron chi connectivity index (χ1n) is 7.20. The molecule has 0 saturated heterocycles. The molecule has 120 valence electrons. The van der Waals surface area contributed by atoms with Gasteiger partial charge in [-0.3, -0.25) is 9.20 Å². The summed E-state index contributed by atoms with van der Waals surface area (Å²) in [5.41, 5.74) is 1.66. The van der Waals surface area contributed by atoms with Crippen molar-refractivity contribution in [3.05, 3.63) is 40.0 Å². The number of carbonyl (C=O) groups is 1. The van der Waals surface area contributed by atoms with Crippen molar-refractivity contribution in [2.24, 2.45) is 0 Å². The van der Waals surface area contributed by atoms with E-state index in [1.165, 1.54) is 11.8 Å². The molecule has 3 aromatic heterocycles. The number of nitrogens with one attached hydrogen (secondary N) is 1. The van der Waals surface area contributed by atoms with Gasteiger partial charge in [-0.15, -0.1) is 21.5 Å².